The van der Waals surface area contributed by atoms with Gasteiger partial charge in [0.2, 0.25) is 5.91 Å². The summed E-state index contributed by atoms with van der Waals surface area (Å²) in [6.45, 7) is 12.8. The molecule has 3 amide bonds. The molecule has 0 heterocycles. The third-order valence-corrected chi connectivity index (χ3v) is 4.34. The number of nitrogens with one attached hydrogen (secondary N) is 2. The van der Waals surface area contributed by atoms with Crippen LogP contribution in [0.3, 0.4) is 0 Å². The van der Waals surface area contributed by atoms with Crippen molar-refractivity contribution in [2.75, 3.05) is 52.9 Å². The minimum atomic E-state index is -0.487. The summed E-state index contributed by atoms with van der Waals surface area (Å²) < 4.78 is 21.4. The summed E-state index contributed by atoms with van der Waals surface area (Å²) >= 11 is 0. The molecule has 0 aliphatic rings. The number of amides is 3. The Morgan fingerprint density at radius 3 is 1.53 bits per heavy atom. The second-order valence-electron chi connectivity index (χ2n) is 7.62. The van der Waals surface area contributed by atoms with Crippen LogP contribution in [0.5, 0.6) is 0 Å². The van der Waals surface area contributed by atoms with E-state index in [0.717, 1.165) is 0 Å². The second kappa shape index (κ2) is 18.2. The molecule has 0 aromatic rings. The van der Waals surface area contributed by atoms with Crippen LogP contribution in [-0.2, 0) is 28.5 Å². The lowest BCUT2D eigenvalue weighted by atomic mass is 10.1. The van der Waals surface area contributed by atoms with Gasteiger partial charge in [0.25, 0.3) is 0 Å². The van der Waals surface area contributed by atoms with Gasteiger partial charge in [-0.2, -0.15) is 0 Å². The summed E-state index contributed by atoms with van der Waals surface area (Å²) in [7, 11) is 0. The summed E-state index contributed by atoms with van der Waals surface area (Å²) in [5.74, 6) is 0.162. The van der Waals surface area contributed by atoms with Crippen molar-refractivity contribution in [1.29, 1.82) is 0 Å². The fraction of sp³-hybridized carbons (Fsp3) is 0.857. The molecule has 2 N–H and O–H groups in total. The number of rotatable bonds is 18. The lowest BCUT2D eigenvalue weighted by Crippen LogP contribution is -2.45. The first-order valence-electron chi connectivity index (χ1n) is 10.7. The van der Waals surface area contributed by atoms with Crippen LogP contribution < -0.4 is 10.6 Å². The van der Waals surface area contributed by atoms with Gasteiger partial charge in [-0.3, -0.25) is 14.9 Å². The zero-order chi connectivity index (χ0) is 22.8. The first kappa shape index (κ1) is 28.5. The Morgan fingerprint density at radius 1 is 0.667 bits per heavy atom. The van der Waals surface area contributed by atoms with Crippen molar-refractivity contribution in [2.24, 2.45) is 11.8 Å². The Balaban J connectivity index is 3.37. The van der Waals surface area contributed by atoms with E-state index in [1.165, 1.54) is 0 Å². The second-order valence-corrected chi connectivity index (χ2v) is 7.62. The van der Waals surface area contributed by atoms with Gasteiger partial charge in [-0.05, 0) is 12.8 Å². The normalized spacial score (nSPS) is 12.2. The fourth-order valence-corrected chi connectivity index (χ4v) is 1.99. The van der Waals surface area contributed by atoms with Crippen molar-refractivity contribution in [3.63, 3.8) is 0 Å². The van der Waals surface area contributed by atoms with Crippen molar-refractivity contribution in [2.45, 2.75) is 53.5 Å². The average molecular weight is 433 g/mol. The molecule has 1 atom stereocenters. The summed E-state index contributed by atoms with van der Waals surface area (Å²) in [6, 6.07) is -0.498. The van der Waals surface area contributed by atoms with E-state index in [9.17, 15) is 14.4 Å². The highest BCUT2D eigenvalue weighted by molar-refractivity contribution is 5.94. The molecule has 0 saturated heterocycles. The number of ketones is 1. The first-order chi connectivity index (χ1) is 14.2. The highest BCUT2D eigenvalue weighted by atomic mass is 16.6. The fourth-order valence-electron chi connectivity index (χ4n) is 1.99. The summed E-state index contributed by atoms with van der Waals surface area (Å²) in [5, 5.41) is 4.98. The van der Waals surface area contributed by atoms with Gasteiger partial charge in [-0.15, -0.1) is 0 Å². The third-order valence-electron chi connectivity index (χ3n) is 4.34. The molecule has 0 aliphatic heterocycles. The van der Waals surface area contributed by atoms with Crippen LogP contribution in [-0.4, -0.2) is 76.6 Å². The average Bonchev–Trinajstić information content (AvgIpc) is 2.67. The summed E-state index contributed by atoms with van der Waals surface area (Å²) in [6.07, 6.45) is 0.544. The molecule has 9 nitrogen and oxygen atoms in total. The van der Waals surface area contributed by atoms with Crippen LogP contribution in [0.4, 0.5) is 4.79 Å². The van der Waals surface area contributed by atoms with Crippen LogP contribution in [0.2, 0.25) is 0 Å². The van der Waals surface area contributed by atoms with Crippen molar-refractivity contribution >= 4 is 17.7 Å². The monoisotopic (exact) mass is 432 g/mol. The molecule has 0 aromatic heterocycles. The number of urea groups is 1. The first-order valence-corrected chi connectivity index (χ1v) is 10.7. The minimum Gasteiger partial charge on any atom is -0.379 e. The van der Waals surface area contributed by atoms with E-state index in [0.29, 0.717) is 58.6 Å². The van der Waals surface area contributed by atoms with E-state index < -0.39 is 6.03 Å². The topological polar surface area (TPSA) is 112 Å². The number of carbonyl (C=O) groups is 3. The lowest BCUT2D eigenvalue weighted by Gasteiger charge is -2.17. The third kappa shape index (κ3) is 17.3. The number of Topliss-reactive ketones (excluding diaryl/α,β-unsaturated/α-hetero) is 1. The maximum absolute atomic E-state index is 11.6. The number of hydrogen-bond donors (Lipinski definition) is 2. The van der Waals surface area contributed by atoms with Gasteiger partial charge in [-0.1, -0.05) is 27.7 Å². The van der Waals surface area contributed by atoms with Crippen LogP contribution in [0.15, 0.2) is 0 Å². The van der Waals surface area contributed by atoms with Crippen LogP contribution in [0.1, 0.15) is 47.5 Å². The van der Waals surface area contributed by atoms with E-state index in [1.807, 2.05) is 34.6 Å². The number of ether oxygens (including phenoxy) is 4. The number of imide groups is 1. The summed E-state index contributed by atoms with van der Waals surface area (Å²) in [5.41, 5.74) is 0. The molecule has 0 spiro atoms. The smallest absolute Gasteiger partial charge is 0.321 e. The van der Waals surface area contributed by atoms with E-state index in [2.05, 4.69) is 10.6 Å². The van der Waals surface area contributed by atoms with Crippen molar-refractivity contribution in [3.05, 3.63) is 0 Å². The maximum atomic E-state index is 11.6. The molecule has 0 bridgehead atoms. The molecular weight excluding hydrogens is 392 g/mol. The standard InChI is InChI=1S/C21H40N2O7/c1-16(2)18(5)22-21(26)23-20(25)7-9-28-11-13-30-15-14-29-12-10-27-8-6-19(24)17(3)4/h16-18H,6-15H2,1-5H3,(H2,22,23,25,26). The molecule has 0 aromatic carbocycles. The zero-order valence-corrected chi connectivity index (χ0v) is 19.2. The molecular formula is C21H40N2O7. The van der Waals surface area contributed by atoms with Gasteiger partial charge in [0.15, 0.2) is 0 Å². The molecule has 0 radical (unpaired) electrons. The van der Waals surface area contributed by atoms with Gasteiger partial charge in [0.1, 0.15) is 5.78 Å². The number of carbonyl (C=O) groups excluding carboxylic acids is 3. The Kier molecular flexibility index (Phi) is 17.3. The van der Waals surface area contributed by atoms with Crippen molar-refractivity contribution in [1.82, 2.24) is 10.6 Å². The lowest BCUT2D eigenvalue weighted by molar-refractivity contribution is -0.123. The molecule has 0 rings (SSSR count). The van der Waals surface area contributed by atoms with Crippen molar-refractivity contribution < 1.29 is 33.3 Å². The molecule has 0 saturated carbocycles. The molecule has 0 aliphatic carbocycles. The quantitative estimate of drug-likeness (QED) is 0.318. The zero-order valence-electron chi connectivity index (χ0n) is 19.2. The Morgan fingerprint density at radius 2 is 1.10 bits per heavy atom. The van der Waals surface area contributed by atoms with E-state index >= 15 is 0 Å². The molecule has 9 heteroatoms. The Labute approximate surface area is 180 Å². The summed E-state index contributed by atoms with van der Waals surface area (Å²) in [4.78, 5) is 34.7. The van der Waals surface area contributed by atoms with Gasteiger partial charge in [-0.25, -0.2) is 4.79 Å². The number of hydrogen-bond acceptors (Lipinski definition) is 7. The van der Waals surface area contributed by atoms with Gasteiger partial charge < -0.3 is 24.3 Å². The predicted octanol–water partition coefficient (Wildman–Crippen LogP) is 1.93. The predicted molar refractivity (Wildman–Crippen MR) is 113 cm³/mol. The molecule has 1 unspecified atom stereocenters. The maximum Gasteiger partial charge on any atom is 0.321 e. The molecule has 0 fully saturated rings. The van der Waals surface area contributed by atoms with Gasteiger partial charge >= 0.3 is 6.03 Å². The van der Waals surface area contributed by atoms with Gasteiger partial charge in [0.05, 0.1) is 59.3 Å². The van der Waals surface area contributed by atoms with Crippen LogP contribution in [0, 0.1) is 11.8 Å². The van der Waals surface area contributed by atoms with Crippen LogP contribution in [0.25, 0.3) is 0 Å². The largest absolute Gasteiger partial charge is 0.379 e. The SMILES string of the molecule is CC(C)C(=O)CCOCCOCCOCCOCCC(=O)NC(=O)NC(C)C(C)C. The van der Waals surface area contributed by atoms with Crippen molar-refractivity contribution in [3.8, 4) is 0 Å². The highest BCUT2D eigenvalue weighted by Gasteiger charge is 2.12. The van der Waals surface area contributed by atoms with E-state index in [1.54, 1.807) is 0 Å². The highest BCUT2D eigenvalue weighted by Crippen LogP contribution is 1.99. The van der Waals surface area contributed by atoms with Crippen LogP contribution >= 0.6 is 0 Å². The van der Waals surface area contributed by atoms with E-state index in [4.69, 9.17) is 18.9 Å². The Hall–Kier alpha value is -1.55. The van der Waals surface area contributed by atoms with Gasteiger partial charge in [0, 0.05) is 18.4 Å². The van der Waals surface area contributed by atoms with E-state index in [-0.39, 0.29) is 36.7 Å². The Bertz CT molecular complexity index is 484. The molecule has 176 valence electrons. The molecule has 30 heavy (non-hydrogen) atoms. The minimum absolute atomic E-state index is 0.0110.